The molecule has 0 aliphatic rings. The molecule has 126 valence electrons. The van der Waals surface area contributed by atoms with Gasteiger partial charge in [0.25, 0.3) is 5.91 Å². The Labute approximate surface area is 146 Å². The fourth-order valence-electron chi connectivity index (χ4n) is 2.62. The third kappa shape index (κ3) is 4.29. The molecule has 3 rings (SSSR count). The quantitative estimate of drug-likeness (QED) is 0.700. The number of pyridine rings is 1. The van der Waals surface area contributed by atoms with Crippen LogP contribution >= 0.6 is 0 Å². The second-order valence-corrected chi connectivity index (χ2v) is 5.89. The lowest BCUT2D eigenvalue weighted by atomic mass is 10.0. The van der Waals surface area contributed by atoms with Gasteiger partial charge in [0.1, 0.15) is 5.82 Å². The predicted molar refractivity (Wildman–Crippen MR) is 96.7 cm³/mol. The number of nitrogens with zero attached hydrogens (tertiary/aromatic N) is 2. The lowest BCUT2D eigenvalue weighted by Crippen LogP contribution is -2.28. The van der Waals surface area contributed by atoms with Crippen LogP contribution in [-0.4, -0.2) is 29.4 Å². The van der Waals surface area contributed by atoms with Crippen molar-refractivity contribution < 1.29 is 9.18 Å². The van der Waals surface area contributed by atoms with Gasteiger partial charge in [0.15, 0.2) is 0 Å². The summed E-state index contributed by atoms with van der Waals surface area (Å²) in [6.07, 6.45) is 2.47. The third-order valence-electron chi connectivity index (χ3n) is 4.07. The molecule has 0 aliphatic carbocycles. The molecule has 0 saturated carbocycles. The predicted octanol–water partition coefficient (Wildman–Crippen LogP) is 4.20. The maximum Gasteiger partial charge on any atom is 0.253 e. The van der Waals surface area contributed by atoms with Gasteiger partial charge in [-0.3, -0.25) is 9.78 Å². The van der Waals surface area contributed by atoms with Gasteiger partial charge in [-0.25, -0.2) is 4.39 Å². The van der Waals surface area contributed by atoms with E-state index in [-0.39, 0.29) is 11.7 Å². The van der Waals surface area contributed by atoms with E-state index in [4.69, 9.17) is 0 Å². The topological polar surface area (TPSA) is 33.2 Å². The van der Waals surface area contributed by atoms with E-state index in [0.717, 1.165) is 16.8 Å². The van der Waals surface area contributed by atoms with E-state index in [1.807, 2.05) is 36.4 Å². The van der Waals surface area contributed by atoms with Gasteiger partial charge < -0.3 is 4.90 Å². The molecule has 0 radical (unpaired) electrons. The molecule has 0 atom stereocenters. The highest BCUT2D eigenvalue weighted by Gasteiger charge is 2.12. The average Bonchev–Trinajstić information content (AvgIpc) is 2.66. The fraction of sp³-hybridized carbons (Fsp3) is 0.143. The molecule has 0 aliphatic heterocycles. The first-order chi connectivity index (χ1) is 12.1. The number of likely N-dealkylation sites (N-methyl/N-ethyl adjacent to an activating group) is 1. The molecule has 1 heterocycles. The Morgan fingerprint density at radius 1 is 1.00 bits per heavy atom. The van der Waals surface area contributed by atoms with Crippen LogP contribution in [0.4, 0.5) is 4.39 Å². The molecule has 0 spiro atoms. The van der Waals surface area contributed by atoms with E-state index in [1.54, 1.807) is 36.3 Å². The zero-order chi connectivity index (χ0) is 17.6. The molecule has 0 bridgehead atoms. The maximum absolute atomic E-state index is 13.3. The smallest absolute Gasteiger partial charge is 0.253 e. The molecule has 0 N–H and O–H groups in total. The van der Waals surface area contributed by atoms with E-state index in [9.17, 15) is 9.18 Å². The summed E-state index contributed by atoms with van der Waals surface area (Å²) in [6, 6.07) is 19.4. The number of carbonyl (C=O) groups excluding carboxylic acids is 1. The minimum atomic E-state index is -0.271. The molecule has 0 saturated heterocycles. The molecule has 3 nitrogen and oxygen atoms in total. The number of hydrogen-bond donors (Lipinski definition) is 0. The van der Waals surface area contributed by atoms with Gasteiger partial charge in [-0.15, -0.1) is 0 Å². The Morgan fingerprint density at radius 2 is 1.80 bits per heavy atom. The molecule has 2 aromatic carbocycles. The molecule has 0 fully saturated rings. The maximum atomic E-state index is 13.3. The molecular formula is C21H19FN2O. The number of aromatic nitrogens is 1. The Morgan fingerprint density at radius 3 is 2.48 bits per heavy atom. The number of halogens is 1. The van der Waals surface area contributed by atoms with Gasteiger partial charge in [-0.05, 0) is 47.5 Å². The highest BCUT2D eigenvalue weighted by atomic mass is 19.1. The summed E-state index contributed by atoms with van der Waals surface area (Å²) in [4.78, 5) is 18.5. The molecule has 0 unspecified atom stereocenters. The SMILES string of the molecule is CN(CCc1ccccn1)C(=O)c1ccc(-c2cccc(F)c2)cc1. The highest BCUT2D eigenvalue weighted by Crippen LogP contribution is 2.21. The summed E-state index contributed by atoms with van der Waals surface area (Å²) in [7, 11) is 1.78. The van der Waals surface area contributed by atoms with Crippen LogP contribution in [0.5, 0.6) is 0 Å². The van der Waals surface area contributed by atoms with E-state index in [2.05, 4.69) is 4.98 Å². The van der Waals surface area contributed by atoms with Gasteiger partial charge in [-0.1, -0.05) is 30.3 Å². The first kappa shape index (κ1) is 16.8. The lowest BCUT2D eigenvalue weighted by Gasteiger charge is -2.17. The van der Waals surface area contributed by atoms with Gasteiger partial charge >= 0.3 is 0 Å². The normalized spacial score (nSPS) is 10.5. The van der Waals surface area contributed by atoms with Crippen molar-refractivity contribution in [3.8, 4) is 11.1 Å². The molecule has 25 heavy (non-hydrogen) atoms. The van der Waals surface area contributed by atoms with Gasteiger partial charge in [-0.2, -0.15) is 0 Å². The Hall–Kier alpha value is -3.01. The van der Waals surface area contributed by atoms with Crippen molar-refractivity contribution in [3.05, 3.63) is 90.0 Å². The Kier molecular flexibility index (Phi) is 5.19. The summed E-state index contributed by atoms with van der Waals surface area (Å²) in [5, 5.41) is 0. The molecular weight excluding hydrogens is 315 g/mol. The van der Waals surface area contributed by atoms with Crippen LogP contribution in [0.25, 0.3) is 11.1 Å². The second kappa shape index (κ2) is 7.71. The van der Waals surface area contributed by atoms with Crippen molar-refractivity contribution >= 4 is 5.91 Å². The fourth-order valence-corrected chi connectivity index (χ4v) is 2.62. The van der Waals surface area contributed by atoms with Crippen LogP contribution in [0.3, 0.4) is 0 Å². The van der Waals surface area contributed by atoms with Gasteiger partial charge in [0.2, 0.25) is 0 Å². The molecule has 3 aromatic rings. The van der Waals surface area contributed by atoms with Gasteiger partial charge in [0.05, 0.1) is 0 Å². The lowest BCUT2D eigenvalue weighted by molar-refractivity contribution is 0.0796. The van der Waals surface area contributed by atoms with Crippen molar-refractivity contribution in [2.24, 2.45) is 0 Å². The van der Waals surface area contributed by atoms with Crippen molar-refractivity contribution in [1.82, 2.24) is 9.88 Å². The first-order valence-electron chi connectivity index (χ1n) is 8.15. The van der Waals surface area contributed by atoms with Crippen molar-refractivity contribution in [3.63, 3.8) is 0 Å². The molecule has 4 heteroatoms. The second-order valence-electron chi connectivity index (χ2n) is 5.89. The number of benzene rings is 2. The largest absolute Gasteiger partial charge is 0.341 e. The number of hydrogen-bond acceptors (Lipinski definition) is 2. The zero-order valence-corrected chi connectivity index (χ0v) is 14.0. The van der Waals surface area contributed by atoms with Crippen LogP contribution in [-0.2, 0) is 6.42 Å². The van der Waals surface area contributed by atoms with Crippen molar-refractivity contribution in [1.29, 1.82) is 0 Å². The monoisotopic (exact) mass is 334 g/mol. The van der Waals surface area contributed by atoms with E-state index in [1.165, 1.54) is 12.1 Å². The van der Waals surface area contributed by atoms with E-state index >= 15 is 0 Å². The van der Waals surface area contributed by atoms with Crippen molar-refractivity contribution in [2.75, 3.05) is 13.6 Å². The third-order valence-corrected chi connectivity index (χ3v) is 4.07. The Bertz CT molecular complexity index is 847. The highest BCUT2D eigenvalue weighted by molar-refractivity contribution is 5.94. The standard InChI is InChI=1S/C21H19FN2O/c1-24(14-12-20-7-2-3-13-23-20)21(25)17-10-8-16(9-11-17)18-5-4-6-19(22)15-18/h2-11,13,15H,12,14H2,1H3. The zero-order valence-electron chi connectivity index (χ0n) is 14.0. The first-order valence-corrected chi connectivity index (χ1v) is 8.15. The molecule has 1 aromatic heterocycles. The van der Waals surface area contributed by atoms with Crippen LogP contribution < -0.4 is 0 Å². The van der Waals surface area contributed by atoms with E-state index in [0.29, 0.717) is 18.5 Å². The number of carbonyl (C=O) groups is 1. The minimum Gasteiger partial charge on any atom is -0.341 e. The Balaban J connectivity index is 1.66. The number of rotatable bonds is 5. The summed E-state index contributed by atoms with van der Waals surface area (Å²) in [5.41, 5.74) is 3.25. The van der Waals surface area contributed by atoms with Crippen LogP contribution in [0, 0.1) is 5.82 Å². The van der Waals surface area contributed by atoms with Crippen LogP contribution in [0.15, 0.2) is 72.9 Å². The average molecular weight is 334 g/mol. The minimum absolute atomic E-state index is 0.0401. The summed E-state index contributed by atoms with van der Waals surface area (Å²) >= 11 is 0. The summed E-state index contributed by atoms with van der Waals surface area (Å²) in [6.45, 7) is 0.599. The van der Waals surface area contributed by atoms with Crippen LogP contribution in [0.1, 0.15) is 16.1 Å². The molecule has 1 amide bonds. The van der Waals surface area contributed by atoms with E-state index < -0.39 is 0 Å². The van der Waals surface area contributed by atoms with Gasteiger partial charge in [0, 0.05) is 37.5 Å². The number of amides is 1. The van der Waals surface area contributed by atoms with Crippen LogP contribution in [0.2, 0.25) is 0 Å². The van der Waals surface area contributed by atoms with Crippen molar-refractivity contribution in [2.45, 2.75) is 6.42 Å². The summed E-state index contributed by atoms with van der Waals surface area (Å²) < 4.78 is 13.3. The summed E-state index contributed by atoms with van der Waals surface area (Å²) in [5.74, 6) is -0.311.